The van der Waals surface area contributed by atoms with E-state index in [4.69, 9.17) is 14.2 Å². The fourth-order valence-corrected chi connectivity index (χ4v) is 2.30. The molecule has 4 nitrogen and oxygen atoms in total. The van der Waals surface area contributed by atoms with Crippen LogP contribution < -0.4 is 0 Å². The van der Waals surface area contributed by atoms with Crippen LogP contribution in [0.4, 0.5) is 0 Å². The van der Waals surface area contributed by atoms with Crippen LogP contribution in [-0.2, 0) is 19.0 Å². The second kappa shape index (κ2) is 4.72. The highest BCUT2D eigenvalue weighted by atomic mass is 16.7. The number of esters is 1. The summed E-state index contributed by atoms with van der Waals surface area (Å²) in [6, 6.07) is 0. The Hall–Kier alpha value is -0.610. The zero-order valence-corrected chi connectivity index (χ0v) is 10.0. The first-order valence-corrected chi connectivity index (χ1v) is 6.05. The van der Waals surface area contributed by atoms with Gasteiger partial charge < -0.3 is 14.2 Å². The minimum absolute atomic E-state index is 0.0641. The second-order valence-corrected chi connectivity index (χ2v) is 5.06. The van der Waals surface area contributed by atoms with E-state index in [9.17, 15) is 4.79 Å². The highest BCUT2D eigenvalue weighted by molar-refractivity contribution is 5.72. The molecule has 4 heteroatoms. The number of ether oxygens (including phenoxy) is 3. The highest BCUT2D eigenvalue weighted by Crippen LogP contribution is 2.27. The maximum atomic E-state index is 11.6. The standard InChI is InChI=1S/C12H20O4/c1-12(2)15-8-10(16-12)7-14-11(13)9-5-3-4-6-9/h9-10H,3-8H2,1-2H3. The molecule has 2 fully saturated rings. The third-order valence-electron chi connectivity index (χ3n) is 3.17. The lowest BCUT2D eigenvalue weighted by Gasteiger charge is -2.17. The zero-order chi connectivity index (χ0) is 11.6. The molecule has 1 saturated carbocycles. The molecule has 1 aliphatic carbocycles. The summed E-state index contributed by atoms with van der Waals surface area (Å²) in [5.74, 6) is -0.481. The van der Waals surface area contributed by atoms with E-state index >= 15 is 0 Å². The van der Waals surface area contributed by atoms with Crippen LogP contribution in [-0.4, -0.2) is 31.1 Å². The van der Waals surface area contributed by atoms with Crippen LogP contribution in [0.25, 0.3) is 0 Å². The van der Waals surface area contributed by atoms with Crippen molar-refractivity contribution in [2.75, 3.05) is 13.2 Å². The summed E-state index contributed by atoms with van der Waals surface area (Å²) in [4.78, 5) is 11.6. The first-order valence-electron chi connectivity index (χ1n) is 6.05. The lowest BCUT2D eigenvalue weighted by Crippen LogP contribution is -2.26. The fraction of sp³-hybridized carbons (Fsp3) is 0.917. The van der Waals surface area contributed by atoms with Gasteiger partial charge in [0, 0.05) is 0 Å². The molecule has 92 valence electrons. The summed E-state index contributed by atoms with van der Waals surface area (Å²) in [5.41, 5.74) is 0. The van der Waals surface area contributed by atoms with Crippen LogP contribution in [0.2, 0.25) is 0 Å². The quantitative estimate of drug-likeness (QED) is 0.692. The summed E-state index contributed by atoms with van der Waals surface area (Å²) in [7, 11) is 0. The largest absolute Gasteiger partial charge is 0.463 e. The van der Waals surface area contributed by atoms with Crippen LogP contribution in [0.1, 0.15) is 39.5 Å². The Kier molecular flexibility index (Phi) is 3.50. The molecule has 0 N–H and O–H groups in total. The molecule has 1 atom stereocenters. The summed E-state index contributed by atoms with van der Waals surface area (Å²) >= 11 is 0. The van der Waals surface area contributed by atoms with Crippen LogP contribution in [0.3, 0.4) is 0 Å². The monoisotopic (exact) mass is 228 g/mol. The van der Waals surface area contributed by atoms with E-state index < -0.39 is 5.79 Å². The van der Waals surface area contributed by atoms with Gasteiger partial charge in [0.1, 0.15) is 12.7 Å². The molecule has 2 rings (SSSR count). The van der Waals surface area contributed by atoms with Crippen LogP contribution in [0, 0.1) is 5.92 Å². The predicted molar refractivity (Wildman–Crippen MR) is 57.8 cm³/mol. The van der Waals surface area contributed by atoms with Crippen molar-refractivity contribution in [1.82, 2.24) is 0 Å². The molecule has 0 radical (unpaired) electrons. The van der Waals surface area contributed by atoms with Crippen LogP contribution >= 0.6 is 0 Å². The van der Waals surface area contributed by atoms with Gasteiger partial charge in [0.15, 0.2) is 5.79 Å². The number of hydrogen-bond acceptors (Lipinski definition) is 4. The van der Waals surface area contributed by atoms with E-state index in [1.54, 1.807) is 0 Å². The van der Waals surface area contributed by atoms with E-state index in [2.05, 4.69) is 0 Å². The van der Waals surface area contributed by atoms with Crippen molar-refractivity contribution in [3.8, 4) is 0 Å². The zero-order valence-electron chi connectivity index (χ0n) is 10.0. The summed E-state index contributed by atoms with van der Waals surface area (Å²) in [6.07, 6.45) is 4.14. The average molecular weight is 228 g/mol. The molecule has 0 aromatic heterocycles. The first-order chi connectivity index (χ1) is 7.57. The number of carbonyl (C=O) groups is 1. The summed E-state index contributed by atoms with van der Waals surface area (Å²) in [6.45, 7) is 4.56. The molecule has 2 aliphatic rings. The Labute approximate surface area is 96.2 Å². The molecule has 0 spiro atoms. The fourth-order valence-electron chi connectivity index (χ4n) is 2.30. The van der Waals surface area contributed by atoms with Gasteiger partial charge in [-0.25, -0.2) is 0 Å². The predicted octanol–water partition coefficient (Wildman–Crippen LogP) is 1.87. The van der Waals surface area contributed by atoms with Crippen LogP contribution in [0.5, 0.6) is 0 Å². The normalized spacial score (nSPS) is 29.5. The average Bonchev–Trinajstić information content (AvgIpc) is 2.83. The van der Waals surface area contributed by atoms with Crippen molar-refractivity contribution >= 4 is 5.97 Å². The molecule has 0 bridgehead atoms. The van der Waals surface area contributed by atoms with Gasteiger partial charge in [-0.2, -0.15) is 0 Å². The Morgan fingerprint density at radius 2 is 2.06 bits per heavy atom. The van der Waals surface area contributed by atoms with Crippen LogP contribution in [0.15, 0.2) is 0 Å². The number of rotatable bonds is 3. The van der Waals surface area contributed by atoms with E-state index in [1.807, 2.05) is 13.8 Å². The number of hydrogen-bond donors (Lipinski definition) is 0. The van der Waals surface area contributed by atoms with Crippen molar-refractivity contribution in [2.24, 2.45) is 5.92 Å². The second-order valence-electron chi connectivity index (χ2n) is 5.06. The van der Waals surface area contributed by atoms with E-state index in [1.165, 1.54) is 0 Å². The first kappa shape index (κ1) is 11.9. The van der Waals surface area contributed by atoms with Crippen molar-refractivity contribution in [3.05, 3.63) is 0 Å². The van der Waals surface area contributed by atoms with Crippen molar-refractivity contribution in [2.45, 2.75) is 51.4 Å². The molecule has 1 heterocycles. The van der Waals surface area contributed by atoms with E-state index in [0.717, 1.165) is 25.7 Å². The third kappa shape index (κ3) is 2.95. The van der Waals surface area contributed by atoms with Gasteiger partial charge in [0.05, 0.1) is 12.5 Å². The smallest absolute Gasteiger partial charge is 0.309 e. The molecule has 0 amide bonds. The lowest BCUT2D eigenvalue weighted by molar-refractivity contribution is -0.161. The van der Waals surface area contributed by atoms with Gasteiger partial charge in [-0.1, -0.05) is 12.8 Å². The highest BCUT2D eigenvalue weighted by Gasteiger charge is 2.34. The van der Waals surface area contributed by atoms with Gasteiger partial charge in [-0.05, 0) is 26.7 Å². The van der Waals surface area contributed by atoms with Crippen molar-refractivity contribution in [1.29, 1.82) is 0 Å². The Balaban J connectivity index is 1.69. The third-order valence-corrected chi connectivity index (χ3v) is 3.17. The minimum Gasteiger partial charge on any atom is -0.463 e. The molecular weight excluding hydrogens is 208 g/mol. The van der Waals surface area contributed by atoms with Gasteiger partial charge in [-0.15, -0.1) is 0 Å². The van der Waals surface area contributed by atoms with E-state index in [0.29, 0.717) is 13.2 Å². The van der Waals surface area contributed by atoms with Gasteiger partial charge in [0.25, 0.3) is 0 Å². The summed E-state index contributed by atoms with van der Waals surface area (Å²) < 4.78 is 16.2. The lowest BCUT2D eigenvalue weighted by atomic mass is 10.1. The van der Waals surface area contributed by atoms with E-state index in [-0.39, 0.29) is 18.0 Å². The Morgan fingerprint density at radius 3 is 2.62 bits per heavy atom. The SMILES string of the molecule is CC1(C)OCC(COC(=O)C2CCCC2)O1. The number of carbonyl (C=O) groups excluding carboxylic acids is 1. The minimum atomic E-state index is -0.537. The Bertz CT molecular complexity index is 256. The molecule has 1 saturated heterocycles. The molecule has 16 heavy (non-hydrogen) atoms. The van der Waals surface area contributed by atoms with Gasteiger partial charge >= 0.3 is 5.97 Å². The van der Waals surface area contributed by atoms with Gasteiger partial charge in [-0.3, -0.25) is 4.79 Å². The topological polar surface area (TPSA) is 44.8 Å². The molecule has 1 unspecified atom stereocenters. The van der Waals surface area contributed by atoms with Gasteiger partial charge in [0.2, 0.25) is 0 Å². The molecule has 0 aromatic rings. The van der Waals surface area contributed by atoms with Crippen molar-refractivity contribution < 1.29 is 19.0 Å². The molecule has 1 aliphatic heterocycles. The molecular formula is C12H20O4. The maximum absolute atomic E-state index is 11.6. The molecule has 0 aromatic carbocycles. The summed E-state index contributed by atoms with van der Waals surface area (Å²) in [5, 5.41) is 0. The van der Waals surface area contributed by atoms with Crippen molar-refractivity contribution in [3.63, 3.8) is 0 Å². The maximum Gasteiger partial charge on any atom is 0.309 e. The Morgan fingerprint density at radius 1 is 1.38 bits per heavy atom.